The molecular weight excluding hydrogens is 200 g/mol. The quantitative estimate of drug-likeness (QED) is 0.655. The molecule has 0 radical (unpaired) electrons. The number of rotatable bonds is 1. The third-order valence-corrected chi connectivity index (χ3v) is 3.54. The van der Waals surface area contributed by atoms with Crippen LogP contribution in [0.3, 0.4) is 0 Å². The van der Waals surface area contributed by atoms with Gasteiger partial charge in [0, 0.05) is 26.1 Å². The average molecular weight is 213 g/mol. The lowest BCUT2D eigenvalue weighted by atomic mass is 9.84. The molecule has 2 heterocycles. The van der Waals surface area contributed by atoms with Gasteiger partial charge in [0.2, 0.25) is 0 Å². The van der Waals surface area contributed by atoms with Crippen LogP contribution in [0.4, 0.5) is 8.78 Å². The first-order chi connectivity index (χ1) is 7.04. The van der Waals surface area contributed by atoms with E-state index >= 15 is 0 Å². The topological polar surface area (TPSA) is 17.5 Å². The predicted molar refractivity (Wildman–Crippen MR) is 50.8 cm³/mol. The Morgan fingerprint density at radius 2 is 2.27 bits per heavy atom. The molecule has 82 valence electrons. The van der Waals surface area contributed by atoms with E-state index < -0.39 is 11.5 Å². The van der Waals surface area contributed by atoms with Crippen LogP contribution in [0.5, 0.6) is 0 Å². The molecule has 0 unspecified atom stereocenters. The Balaban J connectivity index is 1.89. The molecule has 2 fully saturated rings. The van der Waals surface area contributed by atoms with E-state index in [1.165, 1.54) is 0 Å². The molecule has 0 aromatic carbocycles. The summed E-state index contributed by atoms with van der Waals surface area (Å²) in [6.45, 7) is 0. The number of aromatic nitrogens is 1. The standard InChI is InChI=1S/C11H13F2NO/c1-14-6-2-3-8(14)11-5-4-10(12,13)7-9(11)15-11/h2-3,6,9H,4-5,7H2,1H3/t9-,11-/m1/s1. The highest BCUT2D eigenvalue weighted by molar-refractivity contribution is 5.26. The van der Waals surface area contributed by atoms with E-state index in [4.69, 9.17) is 4.74 Å². The summed E-state index contributed by atoms with van der Waals surface area (Å²) in [6.07, 6.45) is 1.89. The van der Waals surface area contributed by atoms with Crippen LogP contribution in [-0.2, 0) is 17.4 Å². The number of ether oxygens (including phenoxy) is 1. The van der Waals surface area contributed by atoms with Crippen LogP contribution in [-0.4, -0.2) is 16.6 Å². The molecule has 15 heavy (non-hydrogen) atoms. The Kier molecular flexibility index (Phi) is 1.63. The fourth-order valence-electron chi connectivity index (χ4n) is 2.64. The maximum Gasteiger partial charge on any atom is 0.250 e. The first-order valence-electron chi connectivity index (χ1n) is 5.21. The van der Waals surface area contributed by atoms with E-state index in [-0.39, 0.29) is 18.9 Å². The second-order valence-corrected chi connectivity index (χ2v) is 4.56. The van der Waals surface area contributed by atoms with Gasteiger partial charge < -0.3 is 9.30 Å². The lowest BCUT2D eigenvalue weighted by molar-refractivity contribution is -0.0331. The van der Waals surface area contributed by atoms with Crippen LogP contribution in [0.25, 0.3) is 0 Å². The third-order valence-electron chi connectivity index (χ3n) is 3.54. The lowest BCUT2D eigenvalue weighted by Gasteiger charge is -2.24. The number of halogens is 2. The predicted octanol–water partition coefficient (Wildman–Crippen LogP) is 2.44. The van der Waals surface area contributed by atoms with Crippen LogP contribution in [0.2, 0.25) is 0 Å². The van der Waals surface area contributed by atoms with Crippen molar-refractivity contribution in [1.82, 2.24) is 4.57 Å². The molecule has 1 aliphatic heterocycles. The minimum absolute atomic E-state index is 0.0608. The van der Waals surface area contributed by atoms with Crippen molar-refractivity contribution in [1.29, 1.82) is 0 Å². The molecule has 1 aromatic heterocycles. The van der Waals surface area contributed by atoms with E-state index in [2.05, 4.69) is 0 Å². The summed E-state index contributed by atoms with van der Waals surface area (Å²) in [4.78, 5) is 0. The van der Waals surface area contributed by atoms with Gasteiger partial charge >= 0.3 is 0 Å². The van der Waals surface area contributed by atoms with Crippen molar-refractivity contribution in [2.24, 2.45) is 7.05 Å². The minimum Gasteiger partial charge on any atom is -0.359 e. The number of fused-ring (bicyclic) bond motifs is 1. The second kappa shape index (κ2) is 2.61. The van der Waals surface area contributed by atoms with Crippen molar-refractivity contribution in [3.05, 3.63) is 24.0 Å². The molecule has 2 nitrogen and oxygen atoms in total. The zero-order chi connectivity index (χ0) is 10.7. The molecule has 4 heteroatoms. The van der Waals surface area contributed by atoms with E-state index in [1.54, 1.807) is 0 Å². The van der Waals surface area contributed by atoms with Crippen molar-refractivity contribution in [2.75, 3.05) is 0 Å². The Labute approximate surface area is 86.8 Å². The van der Waals surface area contributed by atoms with Gasteiger partial charge in [0.15, 0.2) is 0 Å². The molecule has 0 amide bonds. The molecule has 0 bridgehead atoms. The molecule has 2 atom stereocenters. The summed E-state index contributed by atoms with van der Waals surface area (Å²) >= 11 is 0. The van der Waals surface area contributed by atoms with Crippen LogP contribution < -0.4 is 0 Å². The average Bonchev–Trinajstić information content (AvgIpc) is 2.68. The number of nitrogens with zero attached hydrogens (tertiary/aromatic N) is 1. The van der Waals surface area contributed by atoms with E-state index in [1.807, 2.05) is 29.9 Å². The monoisotopic (exact) mass is 213 g/mol. The van der Waals surface area contributed by atoms with Gasteiger partial charge in [0.05, 0.1) is 11.8 Å². The summed E-state index contributed by atoms with van der Waals surface area (Å²) < 4.78 is 33.7. The van der Waals surface area contributed by atoms with Crippen molar-refractivity contribution < 1.29 is 13.5 Å². The third kappa shape index (κ3) is 1.24. The molecule has 0 spiro atoms. The first-order valence-corrected chi connectivity index (χ1v) is 5.21. The number of alkyl halides is 2. The van der Waals surface area contributed by atoms with E-state index in [0.717, 1.165) is 5.69 Å². The maximum absolute atomic E-state index is 13.1. The highest BCUT2D eigenvalue weighted by Gasteiger charge is 2.65. The molecular formula is C11H13F2NO. The minimum atomic E-state index is -2.53. The van der Waals surface area contributed by atoms with Crippen molar-refractivity contribution in [3.63, 3.8) is 0 Å². The molecule has 2 aliphatic rings. The summed E-state index contributed by atoms with van der Waals surface area (Å²) in [5.74, 6) is -2.53. The van der Waals surface area contributed by atoms with E-state index in [9.17, 15) is 8.78 Å². The number of hydrogen-bond acceptors (Lipinski definition) is 1. The van der Waals surface area contributed by atoms with E-state index in [0.29, 0.717) is 6.42 Å². The van der Waals surface area contributed by atoms with Gasteiger partial charge in [-0.3, -0.25) is 0 Å². The van der Waals surface area contributed by atoms with Crippen LogP contribution in [0.1, 0.15) is 25.0 Å². The van der Waals surface area contributed by atoms with Crippen molar-refractivity contribution in [2.45, 2.75) is 36.9 Å². The smallest absolute Gasteiger partial charge is 0.250 e. The van der Waals surface area contributed by atoms with Crippen LogP contribution >= 0.6 is 0 Å². The largest absolute Gasteiger partial charge is 0.359 e. The summed E-state index contributed by atoms with van der Waals surface area (Å²) in [5.41, 5.74) is 0.628. The molecule has 3 rings (SSSR count). The van der Waals surface area contributed by atoms with Crippen molar-refractivity contribution in [3.8, 4) is 0 Å². The maximum atomic E-state index is 13.1. The molecule has 1 saturated heterocycles. The lowest BCUT2D eigenvalue weighted by Crippen LogP contribution is -2.31. The SMILES string of the molecule is Cn1cccc1[C@]12CCC(F)(F)C[C@H]1O2. The fourth-order valence-corrected chi connectivity index (χ4v) is 2.64. The van der Waals surface area contributed by atoms with Crippen LogP contribution in [0, 0.1) is 0 Å². The first kappa shape index (κ1) is 9.33. The second-order valence-electron chi connectivity index (χ2n) is 4.56. The van der Waals surface area contributed by atoms with Gasteiger partial charge in [-0.1, -0.05) is 0 Å². The molecule has 1 saturated carbocycles. The van der Waals surface area contributed by atoms with Gasteiger partial charge in [-0.25, -0.2) is 8.78 Å². The highest BCUT2D eigenvalue weighted by Crippen LogP contribution is 2.58. The van der Waals surface area contributed by atoms with Crippen LogP contribution in [0.15, 0.2) is 18.3 Å². The highest BCUT2D eigenvalue weighted by atomic mass is 19.3. The molecule has 1 aromatic rings. The zero-order valence-electron chi connectivity index (χ0n) is 8.54. The van der Waals surface area contributed by atoms with Gasteiger partial charge in [0.1, 0.15) is 5.60 Å². The fraction of sp³-hybridized carbons (Fsp3) is 0.636. The summed E-state index contributed by atoms with van der Waals surface area (Å²) in [7, 11) is 1.93. The Bertz CT molecular complexity index is 401. The normalized spacial score (nSPS) is 37.4. The molecule has 0 N–H and O–H groups in total. The van der Waals surface area contributed by atoms with Crippen molar-refractivity contribution >= 4 is 0 Å². The summed E-state index contributed by atoms with van der Waals surface area (Å²) in [6, 6.07) is 3.89. The number of epoxide rings is 1. The number of aryl methyl sites for hydroxylation is 1. The van der Waals surface area contributed by atoms with Gasteiger partial charge in [-0.05, 0) is 18.6 Å². The number of hydrogen-bond donors (Lipinski definition) is 0. The zero-order valence-corrected chi connectivity index (χ0v) is 8.54. The Hall–Kier alpha value is -0.900. The summed E-state index contributed by atoms with van der Waals surface area (Å²) in [5, 5.41) is 0. The van der Waals surface area contributed by atoms with Gasteiger partial charge in [-0.2, -0.15) is 0 Å². The van der Waals surface area contributed by atoms with Gasteiger partial charge in [0.25, 0.3) is 5.92 Å². The molecule has 1 aliphatic carbocycles. The van der Waals surface area contributed by atoms with Gasteiger partial charge in [-0.15, -0.1) is 0 Å². The Morgan fingerprint density at radius 1 is 1.47 bits per heavy atom. The Morgan fingerprint density at radius 3 is 2.87 bits per heavy atom.